The van der Waals surface area contributed by atoms with E-state index in [1.807, 2.05) is 0 Å². The number of allylic oxidation sites excluding steroid dienone is 2. The van der Waals surface area contributed by atoms with Crippen LogP contribution < -0.4 is 0 Å². The molecule has 0 aliphatic heterocycles. The monoisotopic (exact) mass is 536 g/mol. The third-order valence-electron chi connectivity index (χ3n) is 13.6. The molecule has 4 saturated carbocycles. The Morgan fingerprint density at radius 1 is 0.946 bits per heavy atom. The van der Waals surface area contributed by atoms with Gasteiger partial charge in [-0.3, -0.25) is 9.32 Å². The van der Waals surface area contributed by atoms with E-state index in [-0.39, 0.29) is 27.6 Å². The topological polar surface area (TPSA) is 104 Å². The minimum atomic E-state index is -4.55. The third-order valence-corrected chi connectivity index (χ3v) is 14.1. The molecule has 6 nitrogen and oxygen atoms in total. The van der Waals surface area contributed by atoms with Crippen LogP contribution in [0.25, 0.3) is 0 Å². The predicted octanol–water partition coefficient (Wildman–Crippen LogP) is 7.21. The summed E-state index contributed by atoms with van der Waals surface area (Å²) in [6, 6.07) is 0. The summed E-state index contributed by atoms with van der Waals surface area (Å²) in [4.78, 5) is 32.0. The van der Waals surface area contributed by atoms with Crippen molar-refractivity contribution >= 4 is 13.8 Å². The Hall–Kier alpha value is -0.680. The highest BCUT2D eigenvalue weighted by molar-refractivity contribution is 7.46. The Morgan fingerprint density at radius 3 is 2.24 bits per heavy atom. The van der Waals surface area contributed by atoms with Crippen LogP contribution >= 0.6 is 7.82 Å². The molecule has 0 aromatic heterocycles. The number of carbonyl (C=O) groups is 1. The maximum atomic E-state index is 12.8. The summed E-state index contributed by atoms with van der Waals surface area (Å²) >= 11 is 0. The number of hydrogen-bond donors (Lipinski definition) is 3. The number of rotatable bonds is 3. The van der Waals surface area contributed by atoms with Crippen LogP contribution in [0.5, 0.6) is 0 Å². The van der Waals surface area contributed by atoms with Gasteiger partial charge in [0.1, 0.15) is 0 Å². The molecule has 5 aliphatic rings. The third kappa shape index (κ3) is 3.67. The van der Waals surface area contributed by atoms with Gasteiger partial charge in [0.2, 0.25) is 0 Å². The first-order chi connectivity index (χ1) is 16.9. The van der Waals surface area contributed by atoms with Crippen LogP contribution in [0.2, 0.25) is 0 Å². The van der Waals surface area contributed by atoms with Crippen LogP contribution in [-0.4, -0.2) is 27.0 Å². The molecule has 0 heterocycles. The molecular formula is C30H49O6P. The lowest BCUT2D eigenvalue weighted by atomic mass is 9.33. The molecule has 3 N–H and O–H groups in total. The molecule has 5 rings (SSSR count). The summed E-state index contributed by atoms with van der Waals surface area (Å²) in [5, 5.41) is 10.6. The van der Waals surface area contributed by atoms with Crippen LogP contribution in [0.3, 0.4) is 0 Å². The Morgan fingerprint density at radius 2 is 1.62 bits per heavy atom. The molecule has 0 spiro atoms. The van der Waals surface area contributed by atoms with E-state index in [4.69, 9.17) is 4.52 Å². The Kier molecular flexibility index (Phi) is 6.34. The highest BCUT2D eigenvalue weighted by Gasteiger charge is 2.69. The van der Waals surface area contributed by atoms with Crippen molar-refractivity contribution in [3.63, 3.8) is 0 Å². The van der Waals surface area contributed by atoms with Gasteiger partial charge in [0, 0.05) is 0 Å². The summed E-state index contributed by atoms with van der Waals surface area (Å²) in [6.45, 7) is 16.3. The molecule has 0 bridgehead atoms. The lowest BCUT2D eigenvalue weighted by Gasteiger charge is -2.71. The van der Waals surface area contributed by atoms with Crippen molar-refractivity contribution in [1.82, 2.24) is 0 Å². The van der Waals surface area contributed by atoms with Crippen LogP contribution in [0.4, 0.5) is 0 Å². The van der Waals surface area contributed by atoms with Crippen molar-refractivity contribution < 1.29 is 28.8 Å². The SMILES string of the molecule is C[C@H]1[C@H](C)CC[C@]2(C(=O)O)CC[C@]3(C)C(=CC[C@@H]4[C@@]5(C)CCC(OP(=O)(O)O)C(C)(C)[C@@H]5CC[C@]43C)[C@H]12. The average molecular weight is 537 g/mol. The second kappa shape index (κ2) is 8.41. The van der Waals surface area contributed by atoms with Gasteiger partial charge in [0.05, 0.1) is 11.5 Å². The van der Waals surface area contributed by atoms with E-state index in [2.05, 4.69) is 54.5 Å². The number of carboxylic acid groups (broad SMARTS) is 1. The minimum absolute atomic E-state index is 0.0256. The van der Waals surface area contributed by atoms with Crippen LogP contribution in [-0.2, 0) is 13.9 Å². The van der Waals surface area contributed by atoms with Crippen molar-refractivity contribution in [3.05, 3.63) is 11.6 Å². The highest BCUT2D eigenvalue weighted by Crippen LogP contribution is 2.76. The van der Waals surface area contributed by atoms with Gasteiger partial charge in [-0.05, 0) is 109 Å². The van der Waals surface area contributed by atoms with Gasteiger partial charge in [-0.15, -0.1) is 0 Å². The first-order valence-corrected chi connectivity index (χ1v) is 16.1. The zero-order chi connectivity index (χ0) is 27.4. The van der Waals surface area contributed by atoms with Crippen LogP contribution in [0, 0.1) is 56.7 Å². The maximum absolute atomic E-state index is 12.8. The molecule has 210 valence electrons. The second-order valence-corrected chi connectivity index (χ2v) is 16.2. The Bertz CT molecular complexity index is 1050. The largest absolute Gasteiger partial charge is 0.481 e. The standard InChI is InChI=1S/C30H49O6P/c1-18-10-15-30(25(31)32)17-16-28(6)20(24(30)19(18)2)8-9-22-27(5)13-12-23(36-37(33,34)35)26(3,4)21(27)11-14-29(22,28)7/h8,18-19,21-24H,9-17H2,1-7H3,(H,31,32)(H2,33,34,35)/t18-,19+,21+,22-,23?,24+,27+,28-,29-,30+/m1/s1. The fraction of sp³-hybridized carbons (Fsp3) is 0.900. The number of phosphoric ester groups is 1. The van der Waals surface area contributed by atoms with E-state index in [0.29, 0.717) is 30.1 Å². The number of carboxylic acids is 1. The molecule has 7 heteroatoms. The van der Waals surface area contributed by atoms with E-state index in [1.165, 1.54) is 5.57 Å². The first-order valence-electron chi connectivity index (χ1n) is 14.6. The predicted molar refractivity (Wildman–Crippen MR) is 144 cm³/mol. The molecule has 4 fully saturated rings. The van der Waals surface area contributed by atoms with Crippen LogP contribution in [0.1, 0.15) is 106 Å². The molecule has 5 aliphatic carbocycles. The van der Waals surface area contributed by atoms with Gasteiger partial charge in [-0.2, -0.15) is 0 Å². The summed E-state index contributed by atoms with van der Waals surface area (Å²) < 4.78 is 17.1. The molecule has 0 saturated heterocycles. The van der Waals surface area contributed by atoms with E-state index >= 15 is 0 Å². The van der Waals surface area contributed by atoms with Crippen molar-refractivity contribution in [1.29, 1.82) is 0 Å². The zero-order valence-corrected chi connectivity index (χ0v) is 24.8. The molecule has 0 aromatic carbocycles. The summed E-state index contributed by atoms with van der Waals surface area (Å²) in [7, 11) is -4.55. The number of hydrogen-bond acceptors (Lipinski definition) is 3. The van der Waals surface area contributed by atoms with Crippen LogP contribution in [0.15, 0.2) is 11.6 Å². The van der Waals surface area contributed by atoms with E-state index < -0.39 is 25.3 Å². The molecular weight excluding hydrogens is 487 g/mol. The minimum Gasteiger partial charge on any atom is -0.481 e. The van der Waals surface area contributed by atoms with Gasteiger partial charge in [0.25, 0.3) is 0 Å². The summed E-state index contributed by atoms with van der Waals surface area (Å²) in [6.07, 6.45) is 10.1. The van der Waals surface area contributed by atoms with E-state index in [0.717, 1.165) is 51.4 Å². The molecule has 1 unspecified atom stereocenters. The van der Waals surface area contributed by atoms with Gasteiger partial charge < -0.3 is 14.9 Å². The summed E-state index contributed by atoms with van der Waals surface area (Å²) in [5.74, 6) is 1.19. The second-order valence-electron chi connectivity index (χ2n) is 15.1. The quantitative estimate of drug-likeness (QED) is 0.260. The molecule has 37 heavy (non-hydrogen) atoms. The summed E-state index contributed by atoms with van der Waals surface area (Å²) in [5.41, 5.74) is 0.574. The smallest absolute Gasteiger partial charge is 0.469 e. The number of phosphoric acid groups is 1. The maximum Gasteiger partial charge on any atom is 0.469 e. The average Bonchev–Trinajstić information content (AvgIpc) is 2.78. The van der Waals surface area contributed by atoms with E-state index in [1.54, 1.807) is 0 Å². The number of fused-ring (bicyclic) bond motifs is 7. The molecule has 10 atom stereocenters. The van der Waals surface area contributed by atoms with Crippen molar-refractivity contribution in [2.45, 2.75) is 112 Å². The Labute approximate surface area is 223 Å². The Balaban J connectivity index is 1.55. The van der Waals surface area contributed by atoms with Gasteiger partial charge >= 0.3 is 13.8 Å². The van der Waals surface area contributed by atoms with E-state index in [9.17, 15) is 24.3 Å². The van der Waals surface area contributed by atoms with Crippen molar-refractivity contribution in [3.8, 4) is 0 Å². The number of aliphatic carboxylic acids is 1. The van der Waals surface area contributed by atoms with Gasteiger partial charge in [-0.1, -0.05) is 60.1 Å². The molecule has 0 amide bonds. The van der Waals surface area contributed by atoms with Gasteiger partial charge in [0.15, 0.2) is 0 Å². The fourth-order valence-electron chi connectivity index (χ4n) is 11.2. The lowest BCUT2D eigenvalue weighted by Crippen LogP contribution is -2.65. The van der Waals surface area contributed by atoms with Crippen molar-refractivity contribution in [2.75, 3.05) is 0 Å². The fourth-order valence-corrected chi connectivity index (χ4v) is 11.9. The van der Waals surface area contributed by atoms with Crippen molar-refractivity contribution in [2.24, 2.45) is 56.7 Å². The highest BCUT2D eigenvalue weighted by atomic mass is 31.2. The lowest BCUT2D eigenvalue weighted by molar-refractivity contribution is -0.204. The molecule has 0 radical (unpaired) electrons. The van der Waals surface area contributed by atoms with Gasteiger partial charge in [-0.25, -0.2) is 4.57 Å². The first kappa shape index (κ1) is 27.9. The normalized spacial score (nSPS) is 51.1. The zero-order valence-electron chi connectivity index (χ0n) is 23.9. The molecule has 0 aromatic rings.